The summed E-state index contributed by atoms with van der Waals surface area (Å²) in [6, 6.07) is 51.5. The summed E-state index contributed by atoms with van der Waals surface area (Å²) in [7, 11) is 0. The summed E-state index contributed by atoms with van der Waals surface area (Å²) in [4.78, 5) is 5.12. The summed E-state index contributed by atoms with van der Waals surface area (Å²) < 4.78 is 6.44. The molecule has 2 nitrogen and oxygen atoms in total. The maximum atomic E-state index is 6.44. The van der Waals surface area contributed by atoms with E-state index in [0.29, 0.717) is 0 Å². The molecule has 0 atom stereocenters. The molecule has 0 fully saturated rings. The molecule has 0 aliphatic carbocycles. The molecule has 2 heterocycles. The molecular formula is C43H29NO. The summed E-state index contributed by atoms with van der Waals surface area (Å²) in [5.41, 5.74) is 8.63. The third kappa shape index (κ3) is 4.22. The van der Waals surface area contributed by atoms with E-state index >= 15 is 0 Å². The van der Waals surface area contributed by atoms with E-state index in [2.05, 4.69) is 159 Å². The van der Waals surface area contributed by atoms with E-state index in [4.69, 9.17) is 9.40 Å². The van der Waals surface area contributed by atoms with Crippen LogP contribution in [0.3, 0.4) is 0 Å². The van der Waals surface area contributed by atoms with Crippen LogP contribution in [0.4, 0.5) is 0 Å². The second-order valence-electron chi connectivity index (χ2n) is 11.1. The van der Waals surface area contributed by atoms with Crippen molar-refractivity contribution in [3.63, 3.8) is 0 Å². The van der Waals surface area contributed by atoms with Crippen LogP contribution >= 0.6 is 0 Å². The predicted octanol–water partition coefficient (Wildman–Crippen LogP) is 12.2. The lowest BCUT2D eigenvalue weighted by Gasteiger charge is -2.17. The van der Waals surface area contributed by atoms with E-state index in [-0.39, 0.29) is 0 Å². The van der Waals surface area contributed by atoms with Gasteiger partial charge in [0.15, 0.2) is 0 Å². The standard InChI is InChI=1S/C41H25NO.C2H4/c1-2-12-27(13-3-1)38-31-15-6-8-17-33(31)39(34-18-9-7-16-32(34)38)36-24-22-28(25-42-36)29-19-10-20-37-40(29)35-23-21-26-11-4-5-14-30(26)41(35)43-37;1-2/h1-25H;1-2H2. The van der Waals surface area contributed by atoms with Gasteiger partial charge < -0.3 is 4.42 Å². The fourth-order valence-electron chi connectivity index (χ4n) is 6.82. The van der Waals surface area contributed by atoms with Crippen molar-refractivity contribution in [1.29, 1.82) is 0 Å². The minimum Gasteiger partial charge on any atom is -0.455 e. The summed E-state index contributed by atoms with van der Waals surface area (Å²) in [6.07, 6.45) is 2.01. The fourth-order valence-corrected chi connectivity index (χ4v) is 6.82. The third-order valence-electron chi connectivity index (χ3n) is 8.71. The molecule has 0 saturated heterocycles. The van der Waals surface area contributed by atoms with Crippen LogP contribution in [0.5, 0.6) is 0 Å². The van der Waals surface area contributed by atoms with Gasteiger partial charge in [0.2, 0.25) is 0 Å². The van der Waals surface area contributed by atoms with Crippen LogP contribution in [-0.2, 0) is 0 Å². The second-order valence-corrected chi connectivity index (χ2v) is 11.1. The van der Waals surface area contributed by atoms with Gasteiger partial charge in [0.05, 0.1) is 5.69 Å². The summed E-state index contributed by atoms with van der Waals surface area (Å²) in [5.74, 6) is 0. The van der Waals surface area contributed by atoms with Crippen LogP contribution in [0.2, 0.25) is 0 Å². The molecule has 0 N–H and O–H groups in total. The van der Waals surface area contributed by atoms with E-state index in [1.807, 2.05) is 6.20 Å². The van der Waals surface area contributed by atoms with Gasteiger partial charge in [-0.25, -0.2) is 0 Å². The zero-order valence-electron chi connectivity index (χ0n) is 24.7. The molecule has 7 aromatic carbocycles. The van der Waals surface area contributed by atoms with Gasteiger partial charge in [-0.05, 0) is 61.8 Å². The SMILES string of the molecule is C=C.c1ccc(-c2c3ccccc3c(-c3ccc(-c4cccc5oc6c7ccccc7ccc6c45)cn3)c3ccccc23)cc1. The number of rotatable bonds is 3. The van der Waals surface area contributed by atoms with E-state index in [1.165, 1.54) is 38.1 Å². The quantitative estimate of drug-likeness (QED) is 0.155. The molecule has 212 valence electrons. The molecule has 45 heavy (non-hydrogen) atoms. The van der Waals surface area contributed by atoms with Crippen molar-refractivity contribution in [1.82, 2.24) is 4.98 Å². The van der Waals surface area contributed by atoms with Gasteiger partial charge in [0.25, 0.3) is 0 Å². The first-order valence-corrected chi connectivity index (χ1v) is 15.1. The third-order valence-corrected chi connectivity index (χ3v) is 8.71. The Morgan fingerprint density at radius 3 is 1.73 bits per heavy atom. The van der Waals surface area contributed by atoms with Gasteiger partial charge >= 0.3 is 0 Å². The van der Waals surface area contributed by atoms with Crippen molar-refractivity contribution in [2.24, 2.45) is 0 Å². The van der Waals surface area contributed by atoms with Crippen molar-refractivity contribution in [2.75, 3.05) is 0 Å². The topological polar surface area (TPSA) is 26.0 Å². The molecule has 0 radical (unpaired) electrons. The van der Waals surface area contributed by atoms with Gasteiger partial charge in [0.1, 0.15) is 11.2 Å². The van der Waals surface area contributed by atoms with E-state index in [1.54, 1.807) is 0 Å². The number of pyridine rings is 1. The summed E-state index contributed by atoms with van der Waals surface area (Å²) in [5, 5.41) is 9.44. The van der Waals surface area contributed by atoms with Crippen molar-refractivity contribution in [2.45, 2.75) is 0 Å². The average Bonchev–Trinajstić information content (AvgIpc) is 3.52. The number of fused-ring (bicyclic) bond motifs is 7. The molecule has 0 amide bonds. The molecule has 0 saturated carbocycles. The molecule has 0 aliphatic heterocycles. The molecule has 0 bridgehead atoms. The maximum absolute atomic E-state index is 6.44. The Kier molecular flexibility index (Phi) is 6.47. The maximum Gasteiger partial charge on any atom is 0.143 e. The highest BCUT2D eigenvalue weighted by Gasteiger charge is 2.18. The van der Waals surface area contributed by atoms with Crippen LogP contribution in [0, 0.1) is 0 Å². The Morgan fingerprint density at radius 2 is 1.07 bits per heavy atom. The van der Waals surface area contributed by atoms with Gasteiger partial charge in [-0.1, -0.05) is 127 Å². The first-order valence-electron chi connectivity index (χ1n) is 15.1. The van der Waals surface area contributed by atoms with Crippen molar-refractivity contribution in [3.8, 4) is 33.5 Å². The van der Waals surface area contributed by atoms with Gasteiger partial charge in [-0.2, -0.15) is 0 Å². The normalized spacial score (nSPS) is 11.3. The molecular weight excluding hydrogens is 546 g/mol. The van der Waals surface area contributed by atoms with Crippen molar-refractivity contribution in [3.05, 3.63) is 165 Å². The lowest BCUT2D eigenvalue weighted by molar-refractivity contribution is 0.673. The van der Waals surface area contributed by atoms with Crippen LogP contribution in [0.15, 0.2) is 169 Å². The minimum atomic E-state index is 0.890. The fraction of sp³-hybridized carbons (Fsp3) is 0. The van der Waals surface area contributed by atoms with Gasteiger partial charge in [-0.3, -0.25) is 4.98 Å². The Bertz CT molecular complexity index is 2450. The molecule has 0 unspecified atom stereocenters. The molecule has 2 heteroatoms. The number of benzene rings is 7. The number of hydrogen-bond acceptors (Lipinski definition) is 2. The number of aromatic nitrogens is 1. The lowest BCUT2D eigenvalue weighted by Crippen LogP contribution is -1.92. The van der Waals surface area contributed by atoms with Crippen molar-refractivity contribution >= 4 is 54.3 Å². The average molecular weight is 576 g/mol. The molecule has 9 rings (SSSR count). The van der Waals surface area contributed by atoms with Crippen LogP contribution < -0.4 is 0 Å². The minimum absolute atomic E-state index is 0.890. The number of furan rings is 1. The van der Waals surface area contributed by atoms with Crippen molar-refractivity contribution < 1.29 is 4.42 Å². The van der Waals surface area contributed by atoms with Gasteiger partial charge in [-0.15, -0.1) is 13.2 Å². The van der Waals surface area contributed by atoms with E-state index in [9.17, 15) is 0 Å². The largest absolute Gasteiger partial charge is 0.455 e. The first-order chi connectivity index (χ1) is 22.3. The van der Waals surface area contributed by atoms with Crippen LogP contribution in [-0.4, -0.2) is 4.98 Å². The Labute approximate surface area is 261 Å². The van der Waals surface area contributed by atoms with Gasteiger partial charge in [0, 0.05) is 33.5 Å². The summed E-state index contributed by atoms with van der Waals surface area (Å²) in [6.45, 7) is 6.00. The van der Waals surface area contributed by atoms with Crippen LogP contribution in [0.25, 0.3) is 87.8 Å². The molecule has 9 aromatic rings. The highest BCUT2D eigenvalue weighted by molar-refractivity contribution is 6.21. The molecule has 2 aromatic heterocycles. The van der Waals surface area contributed by atoms with E-state index in [0.717, 1.165) is 49.7 Å². The Balaban J connectivity index is 0.00000147. The monoisotopic (exact) mass is 575 g/mol. The smallest absolute Gasteiger partial charge is 0.143 e. The highest BCUT2D eigenvalue weighted by Crippen LogP contribution is 2.44. The number of nitrogens with zero attached hydrogens (tertiary/aromatic N) is 1. The second kappa shape index (κ2) is 10.9. The predicted molar refractivity (Wildman–Crippen MR) is 192 cm³/mol. The summed E-state index contributed by atoms with van der Waals surface area (Å²) >= 11 is 0. The first kappa shape index (κ1) is 26.6. The zero-order valence-corrected chi connectivity index (χ0v) is 24.7. The van der Waals surface area contributed by atoms with Crippen LogP contribution in [0.1, 0.15) is 0 Å². The number of hydrogen-bond donors (Lipinski definition) is 0. The zero-order chi connectivity index (χ0) is 30.3. The Hall–Kier alpha value is -5.99. The Morgan fingerprint density at radius 1 is 0.444 bits per heavy atom. The molecule has 0 spiro atoms. The lowest BCUT2D eigenvalue weighted by atomic mass is 9.87. The van der Waals surface area contributed by atoms with E-state index < -0.39 is 0 Å². The highest BCUT2D eigenvalue weighted by atomic mass is 16.3. The molecule has 0 aliphatic rings.